The van der Waals surface area contributed by atoms with E-state index in [2.05, 4.69) is 4.74 Å². The summed E-state index contributed by atoms with van der Waals surface area (Å²) < 4.78 is 96.9. The normalized spacial score (nSPS) is 20.1. The van der Waals surface area contributed by atoms with E-state index >= 15 is 4.39 Å². The van der Waals surface area contributed by atoms with Crippen LogP contribution in [0.25, 0.3) is 5.57 Å². The molecule has 2 aromatic carbocycles. The fourth-order valence-corrected chi connectivity index (χ4v) is 3.56. The molecule has 8 heteroatoms. The van der Waals surface area contributed by atoms with Gasteiger partial charge in [-0.1, -0.05) is 68.0 Å². The number of ether oxygens (including phenoxy) is 1. The summed E-state index contributed by atoms with van der Waals surface area (Å²) in [6.45, 7) is 2.04. The molecule has 1 nitrogen and oxygen atoms in total. The van der Waals surface area contributed by atoms with E-state index in [1.54, 1.807) is 30.4 Å². The van der Waals surface area contributed by atoms with Crippen LogP contribution in [-0.4, -0.2) is 18.5 Å². The molecule has 1 aliphatic rings. The van der Waals surface area contributed by atoms with Gasteiger partial charge in [-0.25, -0.2) is 8.78 Å². The third-order valence-electron chi connectivity index (χ3n) is 5.18. The Bertz CT molecular complexity index is 975. The van der Waals surface area contributed by atoms with E-state index in [0.717, 1.165) is 30.5 Å². The maximum atomic E-state index is 16.1. The van der Waals surface area contributed by atoms with Crippen molar-refractivity contribution in [1.82, 2.24) is 0 Å². The second kappa shape index (κ2) is 9.00. The lowest BCUT2D eigenvalue weighted by Crippen LogP contribution is -2.45. The van der Waals surface area contributed by atoms with Crippen molar-refractivity contribution < 1.29 is 35.5 Å². The van der Waals surface area contributed by atoms with Crippen molar-refractivity contribution in [2.75, 3.05) is 0 Å². The molecular formula is C24H21F7O. The van der Waals surface area contributed by atoms with E-state index < -0.39 is 29.9 Å². The van der Waals surface area contributed by atoms with Gasteiger partial charge in [-0.15, -0.1) is 0 Å². The Morgan fingerprint density at radius 1 is 0.969 bits per heavy atom. The Morgan fingerprint density at radius 2 is 1.59 bits per heavy atom. The van der Waals surface area contributed by atoms with E-state index in [0.29, 0.717) is 11.1 Å². The SMILES string of the molecule is CCCc1ccc(C2(F)CC=CC=C2c2ccc(OC(F)(F)C(F)C(F)(F)F)cc2)cc1. The van der Waals surface area contributed by atoms with Gasteiger partial charge in [0.1, 0.15) is 5.75 Å². The molecule has 0 aliphatic heterocycles. The second-order valence-electron chi connectivity index (χ2n) is 7.55. The van der Waals surface area contributed by atoms with Gasteiger partial charge in [0, 0.05) is 12.0 Å². The molecule has 2 unspecified atom stereocenters. The number of benzene rings is 2. The van der Waals surface area contributed by atoms with Crippen molar-refractivity contribution in [3.05, 3.63) is 83.4 Å². The quantitative estimate of drug-likeness (QED) is 0.386. The Labute approximate surface area is 181 Å². The molecular weight excluding hydrogens is 437 g/mol. The zero-order chi connectivity index (χ0) is 23.6. The molecule has 0 radical (unpaired) electrons. The van der Waals surface area contributed by atoms with Crippen LogP contribution in [0.1, 0.15) is 36.5 Å². The fraction of sp³-hybridized carbons (Fsp3) is 0.333. The standard InChI is InChI=1S/C24H21F7O/c1-2-5-16-7-11-18(12-8-16)22(26)15-4-3-6-20(22)17-9-13-19(14-10-17)32-24(30,31)21(25)23(27,28)29/h3-4,6-14,21H,2,5,15H2,1H3. The minimum absolute atomic E-state index is 0.0530. The third-order valence-corrected chi connectivity index (χ3v) is 5.18. The molecule has 32 heavy (non-hydrogen) atoms. The zero-order valence-electron chi connectivity index (χ0n) is 17.1. The molecule has 0 saturated carbocycles. The van der Waals surface area contributed by atoms with Crippen molar-refractivity contribution in [2.24, 2.45) is 0 Å². The predicted octanol–water partition coefficient (Wildman–Crippen LogP) is 7.72. The van der Waals surface area contributed by atoms with Crippen LogP contribution in [0, 0.1) is 0 Å². The van der Waals surface area contributed by atoms with E-state index in [1.165, 1.54) is 12.1 Å². The number of alkyl halides is 7. The summed E-state index contributed by atoms with van der Waals surface area (Å²) in [5.41, 5.74) is 0.207. The summed E-state index contributed by atoms with van der Waals surface area (Å²) in [5, 5.41) is 0. The summed E-state index contributed by atoms with van der Waals surface area (Å²) in [6, 6.07) is 11.5. The van der Waals surface area contributed by atoms with Crippen molar-refractivity contribution in [3.8, 4) is 5.75 Å². The largest absolute Gasteiger partial charge is 0.439 e. The Kier molecular flexibility index (Phi) is 6.72. The van der Waals surface area contributed by atoms with Crippen LogP contribution in [0.4, 0.5) is 30.7 Å². The molecule has 0 aromatic heterocycles. The van der Waals surface area contributed by atoms with E-state index in [9.17, 15) is 26.3 Å². The van der Waals surface area contributed by atoms with Gasteiger partial charge in [0.05, 0.1) is 0 Å². The van der Waals surface area contributed by atoms with Gasteiger partial charge >= 0.3 is 12.3 Å². The van der Waals surface area contributed by atoms with Crippen LogP contribution >= 0.6 is 0 Å². The molecule has 2 aromatic rings. The molecule has 0 heterocycles. The average Bonchev–Trinajstić information content (AvgIpc) is 2.74. The lowest BCUT2D eigenvalue weighted by molar-refractivity contribution is -0.304. The molecule has 0 amide bonds. The molecule has 0 fully saturated rings. The van der Waals surface area contributed by atoms with Crippen LogP contribution in [0.2, 0.25) is 0 Å². The number of aryl methyl sites for hydroxylation is 1. The van der Waals surface area contributed by atoms with Crippen molar-refractivity contribution in [2.45, 2.75) is 50.3 Å². The first kappa shape index (κ1) is 23.9. The zero-order valence-corrected chi connectivity index (χ0v) is 17.1. The molecule has 0 spiro atoms. The highest BCUT2D eigenvalue weighted by Gasteiger charge is 2.59. The van der Waals surface area contributed by atoms with E-state index in [4.69, 9.17) is 0 Å². The lowest BCUT2D eigenvalue weighted by Gasteiger charge is -2.30. The first-order valence-electron chi connectivity index (χ1n) is 10.0. The van der Waals surface area contributed by atoms with Crippen LogP contribution < -0.4 is 4.74 Å². The summed E-state index contributed by atoms with van der Waals surface area (Å²) in [7, 11) is 0. The van der Waals surface area contributed by atoms with E-state index in [1.807, 2.05) is 19.1 Å². The number of hydrogen-bond acceptors (Lipinski definition) is 1. The highest BCUT2D eigenvalue weighted by molar-refractivity contribution is 5.76. The second-order valence-corrected chi connectivity index (χ2v) is 7.55. The first-order chi connectivity index (χ1) is 15.0. The monoisotopic (exact) mass is 458 g/mol. The topological polar surface area (TPSA) is 9.23 Å². The van der Waals surface area contributed by atoms with Crippen LogP contribution in [0.3, 0.4) is 0 Å². The molecule has 0 bridgehead atoms. The maximum absolute atomic E-state index is 16.1. The predicted molar refractivity (Wildman–Crippen MR) is 108 cm³/mol. The van der Waals surface area contributed by atoms with Gasteiger partial charge in [0.2, 0.25) is 0 Å². The molecule has 2 atom stereocenters. The average molecular weight is 458 g/mol. The fourth-order valence-electron chi connectivity index (χ4n) is 3.56. The van der Waals surface area contributed by atoms with Crippen molar-refractivity contribution in [1.29, 1.82) is 0 Å². The highest BCUT2D eigenvalue weighted by Crippen LogP contribution is 2.45. The maximum Gasteiger partial charge on any atom is 0.439 e. The molecule has 172 valence electrons. The van der Waals surface area contributed by atoms with Gasteiger partial charge in [0.15, 0.2) is 5.67 Å². The van der Waals surface area contributed by atoms with Gasteiger partial charge in [-0.2, -0.15) is 22.0 Å². The van der Waals surface area contributed by atoms with Crippen molar-refractivity contribution in [3.63, 3.8) is 0 Å². The minimum atomic E-state index is -5.77. The number of hydrogen-bond donors (Lipinski definition) is 0. The third kappa shape index (κ3) is 5.00. The van der Waals surface area contributed by atoms with Crippen LogP contribution in [-0.2, 0) is 12.1 Å². The molecule has 0 N–H and O–H groups in total. The summed E-state index contributed by atoms with van der Waals surface area (Å²) in [5.74, 6) is -0.675. The number of rotatable bonds is 7. The summed E-state index contributed by atoms with van der Waals surface area (Å²) in [6.07, 6.45) is -8.61. The Balaban J connectivity index is 1.85. The van der Waals surface area contributed by atoms with Gasteiger partial charge in [-0.3, -0.25) is 0 Å². The first-order valence-corrected chi connectivity index (χ1v) is 10.0. The van der Waals surface area contributed by atoms with E-state index in [-0.39, 0.29) is 12.0 Å². The smallest absolute Gasteiger partial charge is 0.430 e. The Morgan fingerprint density at radius 3 is 2.16 bits per heavy atom. The number of halogens is 7. The highest BCUT2D eigenvalue weighted by atomic mass is 19.4. The number of allylic oxidation sites excluding steroid dienone is 4. The van der Waals surface area contributed by atoms with Crippen LogP contribution in [0.15, 0.2) is 66.8 Å². The summed E-state index contributed by atoms with van der Waals surface area (Å²) >= 11 is 0. The van der Waals surface area contributed by atoms with Gasteiger partial charge in [0.25, 0.3) is 6.17 Å². The van der Waals surface area contributed by atoms with Crippen molar-refractivity contribution >= 4 is 5.57 Å². The van der Waals surface area contributed by atoms with Gasteiger partial charge < -0.3 is 4.74 Å². The lowest BCUT2D eigenvalue weighted by atomic mass is 9.79. The summed E-state index contributed by atoms with van der Waals surface area (Å²) in [4.78, 5) is 0. The minimum Gasteiger partial charge on any atom is -0.430 e. The van der Waals surface area contributed by atoms with Crippen LogP contribution in [0.5, 0.6) is 5.75 Å². The Hall–Kier alpha value is -2.77. The van der Waals surface area contributed by atoms with Gasteiger partial charge in [-0.05, 0) is 35.2 Å². The molecule has 3 rings (SSSR count). The molecule has 1 aliphatic carbocycles. The molecule has 0 saturated heterocycles.